The number of carbonyl (C=O) groups is 1. The lowest BCUT2D eigenvalue weighted by atomic mass is 9.95. The maximum Gasteiger partial charge on any atom is 0.217 e. The summed E-state index contributed by atoms with van der Waals surface area (Å²) in [6.45, 7) is 5.05. The van der Waals surface area contributed by atoms with E-state index in [1.54, 1.807) is 7.11 Å². The maximum absolute atomic E-state index is 11.2. The van der Waals surface area contributed by atoms with Gasteiger partial charge >= 0.3 is 0 Å². The highest BCUT2D eigenvalue weighted by molar-refractivity contribution is 14.0. The number of amides is 1. The standard InChI is InChI=1S/C19H29ClN4O2.HI/c1-3-22-19(24-9-5-6-14(13-24)10-18(21)25)23-12-17(26-2)15-7-4-8-16(20)11-15;/h4,7-8,11,14,17H,3,5-6,9-10,12-13H2,1-2H3,(H2,21,25)(H,22,23);1H. The number of nitrogens with one attached hydrogen (secondary N) is 1. The largest absolute Gasteiger partial charge is 0.375 e. The zero-order chi connectivity index (χ0) is 18.9. The first-order valence-electron chi connectivity index (χ1n) is 9.13. The van der Waals surface area contributed by atoms with Gasteiger partial charge in [-0.3, -0.25) is 9.79 Å². The predicted octanol–water partition coefficient (Wildman–Crippen LogP) is 3.20. The average molecular weight is 509 g/mol. The summed E-state index contributed by atoms with van der Waals surface area (Å²) in [6.07, 6.45) is 2.33. The molecule has 1 amide bonds. The molecule has 1 aromatic carbocycles. The van der Waals surface area contributed by atoms with E-state index in [0.717, 1.165) is 44.0 Å². The molecule has 1 aromatic rings. The number of carbonyl (C=O) groups excluding carboxylic acids is 1. The fraction of sp³-hybridized carbons (Fsp3) is 0.579. The molecular weight excluding hydrogens is 479 g/mol. The van der Waals surface area contributed by atoms with Crippen molar-refractivity contribution in [3.8, 4) is 0 Å². The molecule has 0 radical (unpaired) electrons. The first-order valence-corrected chi connectivity index (χ1v) is 9.51. The van der Waals surface area contributed by atoms with Crippen LogP contribution in [-0.2, 0) is 9.53 Å². The normalized spacial score (nSPS) is 18.6. The lowest BCUT2D eigenvalue weighted by Gasteiger charge is -2.34. The topological polar surface area (TPSA) is 80.0 Å². The maximum atomic E-state index is 11.2. The predicted molar refractivity (Wildman–Crippen MR) is 121 cm³/mol. The molecule has 1 saturated heterocycles. The van der Waals surface area contributed by atoms with Gasteiger partial charge in [-0.15, -0.1) is 24.0 Å². The Morgan fingerprint density at radius 1 is 1.52 bits per heavy atom. The van der Waals surface area contributed by atoms with E-state index in [9.17, 15) is 4.79 Å². The number of primary amides is 1. The highest BCUT2D eigenvalue weighted by Gasteiger charge is 2.24. The van der Waals surface area contributed by atoms with Gasteiger partial charge in [-0.2, -0.15) is 0 Å². The molecule has 2 unspecified atom stereocenters. The molecule has 0 aromatic heterocycles. The average Bonchev–Trinajstić information content (AvgIpc) is 2.61. The number of guanidine groups is 1. The van der Waals surface area contributed by atoms with Crippen LogP contribution < -0.4 is 11.1 Å². The minimum absolute atomic E-state index is 0. The van der Waals surface area contributed by atoms with Crippen LogP contribution in [0.3, 0.4) is 0 Å². The third-order valence-electron chi connectivity index (χ3n) is 4.56. The lowest BCUT2D eigenvalue weighted by Crippen LogP contribution is -2.47. The monoisotopic (exact) mass is 508 g/mol. The van der Waals surface area contributed by atoms with E-state index < -0.39 is 0 Å². The van der Waals surface area contributed by atoms with Gasteiger partial charge in [0.1, 0.15) is 6.10 Å². The van der Waals surface area contributed by atoms with E-state index in [-0.39, 0.29) is 41.9 Å². The van der Waals surface area contributed by atoms with Crippen molar-refractivity contribution in [1.82, 2.24) is 10.2 Å². The van der Waals surface area contributed by atoms with Gasteiger partial charge in [0.2, 0.25) is 5.91 Å². The highest BCUT2D eigenvalue weighted by atomic mass is 127. The molecule has 1 heterocycles. The van der Waals surface area contributed by atoms with Gasteiger partial charge in [-0.1, -0.05) is 23.7 Å². The minimum Gasteiger partial charge on any atom is -0.375 e. The van der Waals surface area contributed by atoms with E-state index >= 15 is 0 Å². The number of aliphatic imine (C=N–C) groups is 1. The molecule has 0 saturated carbocycles. The molecule has 6 nitrogen and oxygen atoms in total. The van der Waals surface area contributed by atoms with Crippen LogP contribution in [0.4, 0.5) is 0 Å². The van der Waals surface area contributed by atoms with Crippen LogP contribution in [0, 0.1) is 5.92 Å². The highest BCUT2D eigenvalue weighted by Crippen LogP contribution is 2.22. The van der Waals surface area contributed by atoms with Crippen molar-refractivity contribution in [1.29, 1.82) is 0 Å². The fourth-order valence-electron chi connectivity index (χ4n) is 3.33. The number of nitrogens with two attached hydrogens (primary N) is 1. The molecule has 1 fully saturated rings. The molecular formula is C19H30ClIN4O2. The minimum atomic E-state index is -0.237. The Kier molecular flexibility index (Phi) is 11.0. The number of piperidine rings is 1. The van der Waals surface area contributed by atoms with Gasteiger partial charge in [-0.05, 0) is 43.4 Å². The summed E-state index contributed by atoms with van der Waals surface area (Å²) in [7, 11) is 1.68. The Labute approximate surface area is 183 Å². The summed E-state index contributed by atoms with van der Waals surface area (Å²) in [4.78, 5) is 18.2. The first-order chi connectivity index (χ1) is 12.5. The van der Waals surface area contributed by atoms with Gasteiger partial charge in [0.15, 0.2) is 5.96 Å². The van der Waals surface area contributed by atoms with Crippen molar-refractivity contribution in [2.24, 2.45) is 16.6 Å². The third kappa shape index (κ3) is 7.83. The Morgan fingerprint density at radius 3 is 2.93 bits per heavy atom. The fourth-order valence-corrected chi connectivity index (χ4v) is 3.53. The molecule has 1 aliphatic heterocycles. The summed E-state index contributed by atoms with van der Waals surface area (Å²) in [5.41, 5.74) is 6.37. The van der Waals surface area contributed by atoms with Crippen molar-refractivity contribution in [2.45, 2.75) is 32.3 Å². The molecule has 2 atom stereocenters. The van der Waals surface area contributed by atoms with Crippen LogP contribution in [-0.4, -0.2) is 50.1 Å². The van der Waals surface area contributed by atoms with E-state index in [2.05, 4.69) is 10.2 Å². The zero-order valence-corrected chi connectivity index (χ0v) is 19.1. The van der Waals surface area contributed by atoms with Crippen LogP contribution in [0.1, 0.15) is 37.9 Å². The summed E-state index contributed by atoms with van der Waals surface area (Å²) >= 11 is 6.09. The van der Waals surface area contributed by atoms with Crippen LogP contribution in [0.15, 0.2) is 29.3 Å². The summed E-state index contributed by atoms with van der Waals surface area (Å²) in [5, 5.41) is 4.03. The van der Waals surface area contributed by atoms with E-state index in [1.165, 1.54) is 0 Å². The smallest absolute Gasteiger partial charge is 0.217 e. The van der Waals surface area contributed by atoms with Crippen LogP contribution in [0.25, 0.3) is 0 Å². The van der Waals surface area contributed by atoms with Crippen molar-refractivity contribution in [3.05, 3.63) is 34.9 Å². The van der Waals surface area contributed by atoms with E-state index in [4.69, 9.17) is 27.1 Å². The number of methoxy groups -OCH3 is 1. The number of likely N-dealkylation sites (tertiary alicyclic amines) is 1. The third-order valence-corrected chi connectivity index (χ3v) is 4.79. The van der Waals surface area contributed by atoms with Gasteiger partial charge in [0.05, 0.1) is 6.54 Å². The number of rotatable bonds is 7. The van der Waals surface area contributed by atoms with Crippen molar-refractivity contribution >= 4 is 47.4 Å². The number of hydrogen-bond donors (Lipinski definition) is 2. The molecule has 0 spiro atoms. The second-order valence-electron chi connectivity index (χ2n) is 6.60. The molecule has 8 heteroatoms. The molecule has 27 heavy (non-hydrogen) atoms. The second-order valence-corrected chi connectivity index (χ2v) is 7.04. The van der Waals surface area contributed by atoms with Crippen LogP contribution in [0.2, 0.25) is 5.02 Å². The zero-order valence-electron chi connectivity index (χ0n) is 16.0. The SMILES string of the molecule is CCNC(=NCC(OC)c1cccc(Cl)c1)N1CCCC(CC(N)=O)C1.I. The first kappa shape index (κ1) is 24.0. The summed E-state index contributed by atoms with van der Waals surface area (Å²) in [5.74, 6) is 0.904. The second kappa shape index (κ2) is 12.4. The van der Waals surface area contributed by atoms with Crippen molar-refractivity contribution in [3.63, 3.8) is 0 Å². The molecule has 1 aliphatic rings. The molecule has 3 N–H and O–H groups in total. The number of halogens is 2. The Balaban J connectivity index is 0.00000364. The number of hydrogen-bond acceptors (Lipinski definition) is 3. The lowest BCUT2D eigenvalue weighted by molar-refractivity contribution is -0.119. The number of benzene rings is 1. The molecule has 0 bridgehead atoms. The van der Waals surface area contributed by atoms with Gasteiger partial charge < -0.3 is 20.7 Å². The van der Waals surface area contributed by atoms with Crippen molar-refractivity contribution < 1.29 is 9.53 Å². The van der Waals surface area contributed by atoms with Crippen molar-refractivity contribution in [2.75, 3.05) is 33.3 Å². The van der Waals surface area contributed by atoms with Crippen LogP contribution in [0.5, 0.6) is 0 Å². The van der Waals surface area contributed by atoms with Crippen LogP contribution >= 0.6 is 35.6 Å². The Bertz CT molecular complexity index is 629. The quantitative estimate of drug-likeness (QED) is 0.337. The summed E-state index contributed by atoms with van der Waals surface area (Å²) < 4.78 is 5.61. The van der Waals surface area contributed by atoms with Gasteiger partial charge in [-0.25, -0.2) is 0 Å². The van der Waals surface area contributed by atoms with E-state index in [0.29, 0.717) is 18.0 Å². The molecule has 0 aliphatic carbocycles. The van der Waals surface area contributed by atoms with Gasteiger partial charge in [0, 0.05) is 38.2 Å². The van der Waals surface area contributed by atoms with Gasteiger partial charge in [0.25, 0.3) is 0 Å². The molecule has 2 rings (SSSR count). The number of nitrogens with zero attached hydrogens (tertiary/aromatic N) is 2. The number of ether oxygens (including phenoxy) is 1. The van der Waals surface area contributed by atoms with E-state index in [1.807, 2.05) is 31.2 Å². The summed E-state index contributed by atoms with van der Waals surface area (Å²) in [6, 6.07) is 7.66. The Hall–Kier alpha value is -1.06. The molecule has 152 valence electrons. The Morgan fingerprint density at radius 2 is 2.30 bits per heavy atom.